The van der Waals surface area contributed by atoms with Crippen molar-refractivity contribution in [3.8, 4) is 0 Å². The average Bonchev–Trinajstić information content (AvgIpc) is 2.27. The molecule has 2 atom stereocenters. The molecule has 0 aromatic carbocycles. The highest BCUT2D eigenvalue weighted by molar-refractivity contribution is 8.00. The van der Waals surface area contributed by atoms with E-state index >= 15 is 0 Å². The first-order valence-corrected chi connectivity index (χ1v) is 7.10. The normalized spacial score (nSPS) is 25.1. The minimum Gasteiger partial charge on any atom is -0.354 e. The van der Waals surface area contributed by atoms with Crippen molar-refractivity contribution in [3.63, 3.8) is 0 Å². The van der Waals surface area contributed by atoms with E-state index in [0.717, 1.165) is 24.5 Å². The first kappa shape index (κ1) is 12.7. The molecule has 0 amide bonds. The topological polar surface area (TPSA) is 42.1 Å². The van der Waals surface area contributed by atoms with Crippen molar-refractivity contribution in [2.45, 2.75) is 37.8 Å². The molecule has 1 aliphatic heterocycles. The number of aromatic nitrogens is 1. The van der Waals surface area contributed by atoms with Gasteiger partial charge in [-0.3, -0.25) is 0 Å². The fourth-order valence-electron chi connectivity index (χ4n) is 2.42. The van der Waals surface area contributed by atoms with Gasteiger partial charge in [0.1, 0.15) is 5.82 Å². The zero-order valence-corrected chi connectivity index (χ0v) is 11.6. The summed E-state index contributed by atoms with van der Waals surface area (Å²) in [6, 6.07) is 2.15. The Balaban J connectivity index is 2.21. The summed E-state index contributed by atoms with van der Waals surface area (Å²) in [6.07, 6.45) is 1.90. The fourth-order valence-corrected chi connectivity index (χ4v) is 3.74. The van der Waals surface area contributed by atoms with Gasteiger partial charge in [-0.1, -0.05) is 13.8 Å². The molecule has 1 fully saturated rings. The fraction of sp³-hybridized carbons (Fsp3) is 0.615. The van der Waals surface area contributed by atoms with Crippen LogP contribution in [0.5, 0.6) is 0 Å². The molecule has 0 radical (unpaired) electrons. The van der Waals surface area contributed by atoms with Crippen LogP contribution in [0.3, 0.4) is 0 Å². The predicted octanol–water partition coefficient (Wildman–Crippen LogP) is 2.18. The largest absolute Gasteiger partial charge is 0.354 e. The third-order valence-corrected chi connectivity index (χ3v) is 4.29. The van der Waals surface area contributed by atoms with Gasteiger partial charge < -0.3 is 10.6 Å². The lowest BCUT2D eigenvalue weighted by Crippen LogP contribution is -2.41. The summed E-state index contributed by atoms with van der Waals surface area (Å²) in [7, 11) is 0. The summed E-state index contributed by atoms with van der Waals surface area (Å²) in [5, 5.41) is 1.35. The molecule has 4 heteroatoms. The lowest BCUT2D eigenvalue weighted by molar-refractivity contribution is 0.715. The summed E-state index contributed by atoms with van der Waals surface area (Å²) in [5.41, 5.74) is 7.98. The van der Waals surface area contributed by atoms with Crippen molar-refractivity contribution >= 4 is 17.6 Å². The standard InChI is InChI=1S/C13H21N3S/c1-9-4-12(5-14)6-15-13(9)16-7-10(2)17-11(3)8-16/h4,6,10-11H,5,7-8,14H2,1-3H3. The first-order chi connectivity index (χ1) is 8.10. The third-order valence-electron chi connectivity index (χ3n) is 3.06. The van der Waals surface area contributed by atoms with Crippen molar-refractivity contribution in [3.05, 3.63) is 23.4 Å². The van der Waals surface area contributed by atoms with Crippen LogP contribution in [0.1, 0.15) is 25.0 Å². The van der Waals surface area contributed by atoms with Crippen LogP contribution in [0.2, 0.25) is 0 Å². The van der Waals surface area contributed by atoms with E-state index in [1.165, 1.54) is 5.56 Å². The average molecular weight is 251 g/mol. The van der Waals surface area contributed by atoms with Crippen LogP contribution in [0.15, 0.2) is 12.3 Å². The first-order valence-electron chi connectivity index (χ1n) is 6.16. The van der Waals surface area contributed by atoms with E-state index in [2.05, 4.69) is 48.5 Å². The number of hydrogen-bond donors (Lipinski definition) is 1. The summed E-state index contributed by atoms with van der Waals surface area (Å²) >= 11 is 2.06. The number of hydrogen-bond acceptors (Lipinski definition) is 4. The lowest BCUT2D eigenvalue weighted by Gasteiger charge is -2.36. The van der Waals surface area contributed by atoms with Gasteiger partial charge in [-0.05, 0) is 24.1 Å². The molecule has 0 saturated carbocycles. The second kappa shape index (κ2) is 5.27. The van der Waals surface area contributed by atoms with Crippen LogP contribution in [-0.4, -0.2) is 28.6 Å². The highest BCUT2D eigenvalue weighted by Gasteiger charge is 2.24. The molecule has 2 unspecified atom stereocenters. The Morgan fingerprint density at radius 2 is 2.06 bits per heavy atom. The van der Waals surface area contributed by atoms with E-state index in [9.17, 15) is 0 Å². The SMILES string of the molecule is Cc1cc(CN)cnc1N1CC(C)SC(C)C1. The van der Waals surface area contributed by atoms with Crippen LogP contribution < -0.4 is 10.6 Å². The smallest absolute Gasteiger partial charge is 0.131 e. The molecular weight excluding hydrogens is 230 g/mol. The van der Waals surface area contributed by atoms with Gasteiger partial charge in [-0.15, -0.1) is 0 Å². The number of nitrogens with two attached hydrogens (primary N) is 1. The van der Waals surface area contributed by atoms with Crippen LogP contribution in [0.4, 0.5) is 5.82 Å². The molecule has 0 aliphatic carbocycles. The molecule has 0 bridgehead atoms. The van der Waals surface area contributed by atoms with Crippen LogP contribution in [0.25, 0.3) is 0 Å². The minimum absolute atomic E-state index is 0.566. The molecule has 1 aromatic heterocycles. The maximum Gasteiger partial charge on any atom is 0.131 e. The maximum absolute atomic E-state index is 5.63. The Hall–Kier alpha value is -0.740. The zero-order valence-electron chi connectivity index (χ0n) is 10.8. The second-order valence-corrected chi connectivity index (χ2v) is 6.73. The number of thioether (sulfide) groups is 1. The van der Waals surface area contributed by atoms with E-state index in [-0.39, 0.29) is 0 Å². The molecule has 0 spiro atoms. The van der Waals surface area contributed by atoms with Gasteiger partial charge in [-0.2, -0.15) is 11.8 Å². The number of nitrogens with zero attached hydrogens (tertiary/aromatic N) is 2. The van der Waals surface area contributed by atoms with Gasteiger partial charge in [0.25, 0.3) is 0 Å². The van der Waals surface area contributed by atoms with E-state index in [1.807, 2.05) is 6.20 Å². The zero-order chi connectivity index (χ0) is 12.4. The summed E-state index contributed by atoms with van der Waals surface area (Å²) in [6.45, 7) is 9.44. The van der Waals surface area contributed by atoms with Crippen molar-refractivity contribution < 1.29 is 0 Å². The molecule has 1 aromatic rings. The van der Waals surface area contributed by atoms with Crippen molar-refractivity contribution in [1.29, 1.82) is 0 Å². The molecule has 1 aliphatic rings. The minimum atomic E-state index is 0.566. The van der Waals surface area contributed by atoms with Gasteiger partial charge in [0, 0.05) is 36.3 Å². The van der Waals surface area contributed by atoms with Crippen molar-refractivity contribution in [2.75, 3.05) is 18.0 Å². The Kier molecular flexibility index (Phi) is 3.94. The van der Waals surface area contributed by atoms with Gasteiger partial charge in [0.05, 0.1) is 0 Å². The molecule has 17 heavy (non-hydrogen) atoms. The van der Waals surface area contributed by atoms with Crippen LogP contribution >= 0.6 is 11.8 Å². The molecule has 2 heterocycles. The van der Waals surface area contributed by atoms with Gasteiger partial charge >= 0.3 is 0 Å². The Labute approximate surface area is 108 Å². The molecular formula is C13H21N3S. The van der Waals surface area contributed by atoms with Gasteiger partial charge in [0.2, 0.25) is 0 Å². The van der Waals surface area contributed by atoms with E-state index in [1.54, 1.807) is 0 Å². The molecule has 94 valence electrons. The summed E-state index contributed by atoms with van der Waals surface area (Å²) < 4.78 is 0. The lowest BCUT2D eigenvalue weighted by atomic mass is 10.2. The van der Waals surface area contributed by atoms with E-state index < -0.39 is 0 Å². The predicted molar refractivity (Wildman–Crippen MR) is 75.6 cm³/mol. The number of anilines is 1. The second-order valence-electron chi connectivity index (χ2n) is 4.85. The summed E-state index contributed by atoms with van der Waals surface area (Å²) in [4.78, 5) is 6.98. The third kappa shape index (κ3) is 2.93. The monoisotopic (exact) mass is 251 g/mol. The number of rotatable bonds is 2. The van der Waals surface area contributed by atoms with Crippen LogP contribution in [0, 0.1) is 6.92 Å². The highest BCUT2D eigenvalue weighted by atomic mass is 32.2. The van der Waals surface area contributed by atoms with Crippen molar-refractivity contribution in [1.82, 2.24) is 4.98 Å². The number of pyridine rings is 1. The van der Waals surface area contributed by atoms with Crippen molar-refractivity contribution in [2.24, 2.45) is 5.73 Å². The Morgan fingerprint density at radius 1 is 1.41 bits per heavy atom. The van der Waals surface area contributed by atoms with E-state index in [0.29, 0.717) is 17.0 Å². The number of aryl methyl sites for hydroxylation is 1. The van der Waals surface area contributed by atoms with Crippen LogP contribution in [-0.2, 0) is 6.54 Å². The molecule has 2 rings (SSSR count). The molecule has 3 nitrogen and oxygen atoms in total. The summed E-state index contributed by atoms with van der Waals surface area (Å²) in [5.74, 6) is 1.13. The molecule has 1 saturated heterocycles. The quantitative estimate of drug-likeness (QED) is 0.875. The Bertz CT molecular complexity index is 384. The van der Waals surface area contributed by atoms with Gasteiger partial charge in [0.15, 0.2) is 0 Å². The highest BCUT2D eigenvalue weighted by Crippen LogP contribution is 2.29. The maximum atomic E-state index is 5.63. The Morgan fingerprint density at radius 3 is 2.59 bits per heavy atom. The molecule has 2 N–H and O–H groups in total. The van der Waals surface area contributed by atoms with E-state index in [4.69, 9.17) is 5.73 Å². The van der Waals surface area contributed by atoms with Gasteiger partial charge in [-0.25, -0.2) is 4.98 Å².